The second kappa shape index (κ2) is 6.68. The SMILES string of the molecule is NCCc1ccccc1OCc1ccccc1[N+](=O)[O-]. The summed E-state index contributed by atoms with van der Waals surface area (Å²) >= 11 is 0. The number of para-hydroxylation sites is 2. The highest BCUT2D eigenvalue weighted by Gasteiger charge is 2.13. The number of hydrogen-bond donors (Lipinski definition) is 1. The van der Waals surface area contributed by atoms with Crippen molar-refractivity contribution in [2.24, 2.45) is 5.73 Å². The van der Waals surface area contributed by atoms with Crippen LogP contribution in [-0.4, -0.2) is 11.5 Å². The van der Waals surface area contributed by atoms with E-state index in [4.69, 9.17) is 10.5 Å². The molecule has 2 aromatic rings. The first kappa shape index (κ1) is 14.0. The van der Waals surface area contributed by atoms with Crippen molar-refractivity contribution in [3.05, 3.63) is 69.8 Å². The third kappa shape index (κ3) is 3.33. The normalized spacial score (nSPS) is 10.2. The van der Waals surface area contributed by atoms with Crippen LogP contribution in [0.25, 0.3) is 0 Å². The molecule has 0 unspecified atom stereocenters. The molecule has 104 valence electrons. The fraction of sp³-hybridized carbons (Fsp3) is 0.200. The Morgan fingerprint density at radius 2 is 1.70 bits per heavy atom. The molecule has 0 radical (unpaired) electrons. The van der Waals surface area contributed by atoms with Gasteiger partial charge >= 0.3 is 0 Å². The van der Waals surface area contributed by atoms with Gasteiger partial charge in [0.25, 0.3) is 5.69 Å². The lowest BCUT2D eigenvalue weighted by Crippen LogP contribution is -2.06. The molecule has 0 saturated carbocycles. The van der Waals surface area contributed by atoms with Crippen molar-refractivity contribution in [1.82, 2.24) is 0 Å². The monoisotopic (exact) mass is 272 g/mol. The lowest BCUT2D eigenvalue weighted by Gasteiger charge is -2.11. The number of nitro benzene ring substituents is 1. The minimum absolute atomic E-state index is 0.0730. The summed E-state index contributed by atoms with van der Waals surface area (Å²) in [4.78, 5) is 10.5. The lowest BCUT2D eigenvalue weighted by atomic mass is 10.1. The molecule has 0 heterocycles. The van der Waals surface area contributed by atoms with Crippen molar-refractivity contribution in [2.45, 2.75) is 13.0 Å². The van der Waals surface area contributed by atoms with E-state index in [-0.39, 0.29) is 12.3 Å². The summed E-state index contributed by atoms with van der Waals surface area (Å²) in [5, 5.41) is 10.9. The Morgan fingerprint density at radius 1 is 1.05 bits per heavy atom. The van der Waals surface area contributed by atoms with Gasteiger partial charge in [0.2, 0.25) is 0 Å². The molecule has 0 atom stereocenters. The molecule has 2 aromatic carbocycles. The van der Waals surface area contributed by atoms with Crippen molar-refractivity contribution >= 4 is 5.69 Å². The summed E-state index contributed by atoms with van der Waals surface area (Å²) in [5.74, 6) is 0.719. The van der Waals surface area contributed by atoms with Gasteiger partial charge in [-0.15, -0.1) is 0 Å². The van der Waals surface area contributed by atoms with E-state index in [1.807, 2.05) is 24.3 Å². The van der Waals surface area contributed by atoms with Crippen LogP contribution in [0.4, 0.5) is 5.69 Å². The third-order valence-corrected chi connectivity index (χ3v) is 2.96. The molecule has 20 heavy (non-hydrogen) atoms. The molecule has 0 aromatic heterocycles. The molecular formula is C15H16N2O3. The topological polar surface area (TPSA) is 78.4 Å². The summed E-state index contributed by atoms with van der Waals surface area (Å²) in [6.45, 7) is 0.699. The lowest BCUT2D eigenvalue weighted by molar-refractivity contribution is -0.385. The summed E-state index contributed by atoms with van der Waals surface area (Å²) < 4.78 is 5.71. The number of ether oxygens (including phenoxy) is 1. The zero-order valence-electron chi connectivity index (χ0n) is 11.0. The van der Waals surface area contributed by atoms with E-state index in [0.29, 0.717) is 18.5 Å². The maximum atomic E-state index is 10.9. The maximum absolute atomic E-state index is 10.9. The van der Waals surface area contributed by atoms with Crippen LogP contribution in [0.15, 0.2) is 48.5 Å². The second-order valence-corrected chi connectivity index (χ2v) is 4.32. The van der Waals surface area contributed by atoms with Crippen LogP contribution in [0, 0.1) is 10.1 Å². The molecule has 0 saturated heterocycles. The first-order valence-corrected chi connectivity index (χ1v) is 6.35. The second-order valence-electron chi connectivity index (χ2n) is 4.32. The molecular weight excluding hydrogens is 256 g/mol. The first-order chi connectivity index (χ1) is 9.72. The fourth-order valence-electron chi connectivity index (χ4n) is 1.97. The van der Waals surface area contributed by atoms with Gasteiger partial charge in [0.15, 0.2) is 0 Å². The van der Waals surface area contributed by atoms with Gasteiger partial charge in [0.05, 0.1) is 10.5 Å². The van der Waals surface area contributed by atoms with Gasteiger partial charge in [-0.3, -0.25) is 10.1 Å². The van der Waals surface area contributed by atoms with E-state index >= 15 is 0 Å². The smallest absolute Gasteiger partial charge is 0.276 e. The van der Waals surface area contributed by atoms with Crippen molar-refractivity contribution in [1.29, 1.82) is 0 Å². The van der Waals surface area contributed by atoms with E-state index in [9.17, 15) is 10.1 Å². The van der Waals surface area contributed by atoms with Crippen molar-refractivity contribution in [3.63, 3.8) is 0 Å². The van der Waals surface area contributed by atoms with Crippen LogP contribution < -0.4 is 10.5 Å². The molecule has 0 bridgehead atoms. The molecule has 0 aliphatic carbocycles. The predicted octanol–water partition coefficient (Wildman–Crippen LogP) is 2.68. The number of benzene rings is 2. The summed E-state index contributed by atoms with van der Waals surface area (Å²) in [6, 6.07) is 14.2. The Hall–Kier alpha value is -2.40. The minimum atomic E-state index is -0.398. The average Bonchev–Trinajstić information content (AvgIpc) is 2.47. The van der Waals surface area contributed by atoms with E-state index < -0.39 is 4.92 Å². The van der Waals surface area contributed by atoms with E-state index in [0.717, 1.165) is 11.3 Å². The van der Waals surface area contributed by atoms with Gasteiger partial charge in [0.1, 0.15) is 12.4 Å². The van der Waals surface area contributed by atoms with Gasteiger partial charge < -0.3 is 10.5 Å². The van der Waals surface area contributed by atoms with Crippen molar-refractivity contribution in [2.75, 3.05) is 6.54 Å². The van der Waals surface area contributed by atoms with Gasteiger partial charge in [-0.2, -0.15) is 0 Å². The van der Waals surface area contributed by atoms with Crippen LogP contribution >= 0.6 is 0 Å². The van der Waals surface area contributed by atoms with Crippen LogP contribution in [-0.2, 0) is 13.0 Å². The highest BCUT2D eigenvalue weighted by molar-refractivity contribution is 5.40. The minimum Gasteiger partial charge on any atom is -0.488 e. The fourth-order valence-corrected chi connectivity index (χ4v) is 1.97. The van der Waals surface area contributed by atoms with Gasteiger partial charge in [-0.1, -0.05) is 30.3 Å². The highest BCUT2D eigenvalue weighted by Crippen LogP contribution is 2.23. The molecule has 2 N–H and O–H groups in total. The highest BCUT2D eigenvalue weighted by atomic mass is 16.6. The van der Waals surface area contributed by atoms with E-state index in [1.165, 1.54) is 6.07 Å². The molecule has 5 nitrogen and oxygen atoms in total. The zero-order valence-corrected chi connectivity index (χ0v) is 11.0. The van der Waals surface area contributed by atoms with Crippen LogP contribution in [0.5, 0.6) is 5.75 Å². The van der Waals surface area contributed by atoms with Crippen molar-refractivity contribution in [3.8, 4) is 5.75 Å². The standard InChI is InChI=1S/C15H16N2O3/c16-10-9-12-5-2-4-8-15(12)20-11-13-6-1-3-7-14(13)17(18)19/h1-8H,9-11,16H2. The third-order valence-electron chi connectivity index (χ3n) is 2.96. The Labute approximate surface area is 117 Å². The summed E-state index contributed by atoms with van der Waals surface area (Å²) in [6.07, 6.45) is 0.715. The van der Waals surface area contributed by atoms with Crippen LogP contribution in [0.2, 0.25) is 0 Å². The predicted molar refractivity (Wildman–Crippen MR) is 76.6 cm³/mol. The molecule has 5 heteroatoms. The maximum Gasteiger partial charge on any atom is 0.276 e. The van der Waals surface area contributed by atoms with Crippen LogP contribution in [0.3, 0.4) is 0 Å². The zero-order chi connectivity index (χ0) is 14.4. The Balaban J connectivity index is 2.15. The number of rotatable bonds is 6. The molecule has 0 spiro atoms. The largest absolute Gasteiger partial charge is 0.488 e. The molecule has 2 rings (SSSR count). The van der Waals surface area contributed by atoms with Crippen LogP contribution in [0.1, 0.15) is 11.1 Å². The molecule has 0 aliphatic heterocycles. The number of hydrogen-bond acceptors (Lipinski definition) is 4. The number of nitro groups is 1. The van der Waals surface area contributed by atoms with E-state index in [1.54, 1.807) is 18.2 Å². The van der Waals surface area contributed by atoms with Gasteiger partial charge in [-0.25, -0.2) is 0 Å². The molecule has 0 amide bonds. The van der Waals surface area contributed by atoms with Gasteiger partial charge in [-0.05, 0) is 30.7 Å². The average molecular weight is 272 g/mol. The summed E-state index contributed by atoms with van der Waals surface area (Å²) in [7, 11) is 0. The van der Waals surface area contributed by atoms with Crippen molar-refractivity contribution < 1.29 is 9.66 Å². The Kier molecular flexibility index (Phi) is 4.68. The molecule has 0 fully saturated rings. The summed E-state index contributed by atoms with van der Waals surface area (Å²) in [5.41, 5.74) is 7.19. The Bertz CT molecular complexity index is 599. The number of nitrogens with two attached hydrogens (primary N) is 1. The Morgan fingerprint density at radius 3 is 2.40 bits per heavy atom. The first-order valence-electron chi connectivity index (χ1n) is 6.35. The van der Waals surface area contributed by atoms with E-state index in [2.05, 4.69) is 0 Å². The molecule has 0 aliphatic rings. The van der Waals surface area contributed by atoms with Gasteiger partial charge in [0, 0.05) is 6.07 Å². The number of nitrogens with zero attached hydrogens (tertiary/aromatic N) is 1. The quantitative estimate of drug-likeness (QED) is 0.647.